The molecule has 0 bridgehead atoms. The van der Waals surface area contributed by atoms with E-state index >= 15 is 0 Å². The third-order valence-corrected chi connectivity index (χ3v) is 6.14. The molecule has 9 heteroatoms. The van der Waals surface area contributed by atoms with E-state index in [4.69, 9.17) is 34.8 Å². The van der Waals surface area contributed by atoms with Crippen LogP contribution in [0.3, 0.4) is 0 Å². The fourth-order valence-electron chi connectivity index (χ4n) is 3.61. The molecule has 0 aliphatic heterocycles. The molecule has 0 saturated carbocycles. The van der Waals surface area contributed by atoms with Crippen LogP contribution in [0.4, 0.5) is 0 Å². The predicted molar refractivity (Wildman–Crippen MR) is 126 cm³/mol. The zero-order valence-corrected chi connectivity index (χ0v) is 18.7. The number of ketones is 1. The van der Waals surface area contributed by atoms with Crippen molar-refractivity contribution in [2.75, 3.05) is 0 Å². The lowest BCUT2D eigenvalue weighted by Gasteiger charge is -2.09. The van der Waals surface area contributed by atoms with Gasteiger partial charge in [0, 0.05) is 21.0 Å². The lowest BCUT2D eigenvalue weighted by molar-refractivity contribution is 0.103. The number of carbonyl (C=O) groups excluding carboxylic acids is 1. The molecule has 158 valence electrons. The molecule has 0 spiro atoms. The van der Waals surface area contributed by atoms with Crippen molar-refractivity contribution in [2.45, 2.75) is 6.54 Å². The zero-order chi connectivity index (χ0) is 22.2. The predicted octanol–water partition coefficient (Wildman–Crippen LogP) is 6.06. The first-order valence-electron chi connectivity index (χ1n) is 9.60. The number of nitrogens with one attached hydrogen (secondary N) is 1. The maximum absolute atomic E-state index is 13.4. The SMILES string of the molecule is O=C(c1ncc(-c2ccnnc2)[nH]1)c1c(Cl)n(Cc2ccc(Cl)cc2Cl)c2ccccc12. The van der Waals surface area contributed by atoms with Crippen LogP contribution in [0.15, 0.2) is 67.1 Å². The Bertz CT molecular complexity index is 1460. The molecule has 0 aliphatic rings. The maximum atomic E-state index is 13.4. The van der Waals surface area contributed by atoms with Gasteiger partial charge in [0.25, 0.3) is 0 Å². The Hall–Kier alpha value is -3.19. The molecule has 3 heterocycles. The van der Waals surface area contributed by atoms with Gasteiger partial charge in [-0.3, -0.25) is 4.79 Å². The van der Waals surface area contributed by atoms with Gasteiger partial charge in [0.15, 0.2) is 5.82 Å². The van der Waals surface area contributed by atoms with Crippen LogP contribution in [-0.2, 0) is 6.54 Å². The van der Waals surface area contributed by atoms with Crippen LogP contribution < -0.4 is 0 Å². The second-order valence-corrected chi connectivity index (χ2v) is 8.31. The average Bonchev–Trinajstić information content (AvgIpc) is 3.40. The van der Waals surface area contributed by atoms with E-state index in [0.717, 1.165) is 22.0 Å². The van der Waals surface area contributed by atoms with Gasteiger partial charge in [-0.25, -0.2) is 4.98 Å². The standard InChI is InChI=1S/C23H14Cl3N5O/c24-15-6-5-14(17(25)9-15)12-31-19-4-2-1-3-16(19)20(22(31)26)21(32)23-27-11-18(30-23)13-7-8-28-29-10-13/h1-11H,12H2,(H,27,30). The zero-order valence-electron chi connectivity index (χ0n) is 16.4. The summed E-state index contributed by atoms with van der Waals surface area (Å²) in [5, 5.41) is 9.75. The molecule has 5 rings (SSSR count). The number of aromatic amines is 1. The molecule has 6 nitrogen and oxygen atoms in total. The van der Waals surface area contributed by atoms with Crippen molar-refractivity contribution in [3.63, 3.8) is 0 Å². The minimum Gasteiger partial charge on any atom is -0.335 e. The van der Waals surface area contributed by atoms with E-state index < -0.39 is 0 Å². The third kappa shape index (κ3) is 3.66. The summed E-state index contributed by atoms with van der Waals surface area (Å²) in [6, 6.07) is 14.6. The normalized spacial score (nSPS) is 11.2. The number of para-hydroxylation sites is 1. The summed E-state index contributed by atoms with van der Waals surface area (Å²) in [7, 11) is 0. The van der Waals surface area contributed by atoms with E-state index in [2.05, 4.69) is 20.2 Å². The second-order valence-electron chi connectivity index (χ2n) is 7.11. The van der Waals surface area contributed by atoms with Crippen LogP contribution >= 0.6 is 34.8 Å². The number of H-pyrrole nitrogens is 1. The van der Waals surface area contributed by atoms with E-state index in [1.807, 2.05) is 34.9 Å². The van der Waals surface area contributed by atoms with Gasteiger partial charge >= 0.3 is 0 Å². The van der Waals surface area contributed by atoms with Crippen molar-refractivity contribution >= 4 is 51.5 Å². The second kappa shape index (κ2) is 8.39. The minimum atomic E-state index is -0.305. The van der Waals surface area contributed by atoms with E-state index in [0.29, 0.717) is 33.0 Å². The third-order valence-electron chi connectivity index (χ3n) is 5.16. The number of carbonyl (C=O) groups is 1. The quantitative estimate of drug-likeness (QED) is 0.309. The van der Waals surface area contributed by atoms with Gasteiger partial charge in [0.2, 0.25) is 5.78 Å². The summed E-state index contributed by atoms with van der Waals surface area (Å²) in [5.74, 6) is -0.119. The molecule has 0 unspecified atom stereocenters. The van der Waals surface area contributed by atoms with Crippen LogP contribution in [0.1, 0.15) is 21.7 Å². The molecular weight excluding hydrogens is 469 g/mol. The average molecular weight is 483 g/mol. The highest BCUT2D eigenvalue weighted by molar-refractivity contribution is 6.37. The number of aromatic nitrogens is 5. The number of rotatable bonds is 5. The van der Waals surface area contributed by atoms with Crippen molar-refractivity contribution in [1.29, 1.82) is 0 Å². The summed E-state index contributed by atoms with van der Waals surface area (Å²) in [5.41, 5.74) is 3.47. The molecule has 1 N–H and O–H groups in total. The summed E-state index contributed by atoms with van der Waals surface area (Å²) in [4.78, 5) is 20.8. The summed E-state index contributed by atoms with van der Waals surface area (Å²) >= 11 is 19.2. The van der Waals surface area contributed by atoms with Gasteiger partial charge < -0.3 is 9.55 Å². The highest BCUT2D eigenvalue weighted by Gasteiger charge is 2.25. The van der Waals surface area contributed by atoms with E-state index in [9.17, 15) is 4.79 Å². The van der Waals surface area contributed by atoms with Gasteiger partial charge in [0.1, 0.15) is 5.15 Å². The van der Waals surface area contributed by atoms with Crippen molar-refractivity contribution in [2.24, 2.45) is 0 Å². The molecule has 5 aromatic rings. The van der Waals surface area contributed by atoms with Crippen LogP contribution in [0.2, 0.25) is 15.2 Å². The molecule has 0 atom stereocenters. The molecule has 0 fully saturated rings. The van der Waals surface area contributed by atoms with Crippen LogP contribution in [0, 0.1) is 0 Å². The molecule has 0 aliphatic carbocycles. The Balaban J connectivity index is 1.58. The van der Waals surface area contributed by atoms with Crippen LogP contribution in [0.5, 0.6) is 0 Å². The van der Waals surface area contributed by atoms with Crippen molar-refractivity contribution < 1.29 is 4.79 Å². The molecular formula is C23H14Cl3N5O. The maximum Gasteiger partial charge on any atom is 0.231 e. The van der Waals surface area contributed by atoms with Crippen LogP contribution in [0.25, 0.3) is 22.2 Å². The Labute approximate surface area is 197 Å². The molecule has 0 radical (unpaired) electrons. The summed E-state index contributed by atoms with van der Waals surface area (Å²) in [6.07, 6.45) is 4.76. The lowest BCUT2D eigenvalue weighted by atomic mass is 10.1. The number of fused-ring (bicyclic) bond motifs is 1. The Morgan fingerprint density at radius 1 is 1.00 bits per heavy atom. The van der Waals surface area contributed by atoms with Gasteiger partial charge in [-0.05, 0) is 29.8 Å². The molecule has 0 saturated heterocycles. The Kier molecular flexibility index (Phi) is 5.43. The highest BCUT2D eigenvalue weighted by atomic mass is 35.5. The first kappa shape index (κ1) is 20.7. The number of halogens is 3. The van der Waals surface area contributed by atoms with Crippen molar-refractivity contribution in [1.82, 2.24) is 24.7 Å². The number of hydrogen-bond donors (Lipinski definition) is 1. The van der Waals surface area contributed by atoms with Gasteiger partial charge in [-0.2, -0.15) is 10.2 Å². The Morgan fingerprint density at radius 2 is 1.84 bits per heavy atom. The minimum absolute atomic E-state index is 0.186. The molecule has 2 aromatic carbocycles. The number of hydrogen-bond acceptors (Lipinski definition) is 4. The number of imidazole rings is 1. The Morgan fingerprint density at radius 3 is 2.62 bits per heavy atom. The van der Waals surface area contributed by atoms with Crippen molar-refractivity contribution in [3.8, 4) is 11.3 Å². The van der Waals surface area contributed by atoms with Crippen molar-refractivity contribution in [3.05, 3.63) is 99.3 Å². The van der Waals surface area contributed by atoms with Crippen LogP contribution in [-0.4, -0.2) is 30.5 Å². The molecule has 32 heavy (non-hydrogen) atoms. The summed E-state index contributed by atoms with van der Waals surface area (Å²) in [6.45, 7) is 0.384. The lowest BCUT2D eigenvalue weighted by Crippen LogP contribution is -2.06. The monoisotopic (exact) mass is 481 g/mol. The van der Waals surface area contributed by atoms with E-state index in [-0.39, 0.29) is 11.6 Å². The number of nitrogens with zero attached hydrogens (tertiary/aromatic N) is 4. The van der Waals surface area contributed by atoms with Gasteiger partial charge in [0.05, 0.1) is 41.9 Å². The first-order chi connectivity index (χ1) is 15.5. The fraction of sp³-hybridized carbons (Fsp3) is 0.0435. The van der Waals surface area contributed by atoms with Gasteiger partial charge in [-0.1, -0.05) is 59.1 Å². The van der Waals surface area contributed by atoms with Gasteiger partial charge in [-0.15, -0.1) is 0 Å². The summed E-state index contributed by atoms with van der Waals surface area (Å²) < 4.78 is 1.86. The largest absolute Gasteiger partial charge is 0.335 e. The molecule has 0 amide bonds. The highest BCUT2D eigenvalue weighted by Crippen LogP contribution is 2.33. The topological polar surface area (TPSA) is 76.5 Å². The number of benzene rings is 2. The smallest absolute Gasteiger partial charge is 0.231 e. The van der Waals surface area contributed by atoms with E-state index in [1.54, 1.807) is 36.8 Å². The molecule has 3 aromatic heterocycles. The van der Waals surface area contributed by atoms with E-state index in [1.165, 1.54) is 0 Å². The first-order valence-corrected chi connectivity index (χ1v) is 10.7. The fourth-order valence-corrected chi connectivity index (χ4v) is 4.42.